The number of ether oxygens (including phenoxy) is 2. The van der Waals surface area contributed by atoms with Crippen LogP contribution in [0.2, 0.25) is 0 Å². The molecule has 0 spiro atoms. The number of hydrogen-bond donors (Lipinski definition) is 1. The van der Waals surface area contributed by atoms with Gasteiger partial charge >= 0.3 is 5.97 Å². The van der Waals surface area contributed by atoms with Crippen LogP contribution in [0.3, 0.4) is 0 Å². The van der Waals surface area contributed by atoms with Crippen molar-refractivity contribution < 1.29 is 19.1 Å². The van der Waals surface area contributed by atoms with Crippen molar-refractivity contribution in [2.45, 2.75) is 6.42 Å². The normalized spacial score (nSPS) is 9.95. The fraction of sp³-hybridized carbons (Fsp3) is 0.200. The first-order valence-corrected chi connectivity index (χ1v) is 7.28. The van der Waals surface area contributed by atoms with Crippen LogP contribution < -0.4 is 14.8 Å². The maximum absolute atomic E-state index is 11.6. The fourth-order valence-corrected chi connectivity index (χ4v) is 2.24. The molecular weight excluding hydrogens is 290 g/mol. The van der Waals surface area contributed by atoms with E-state index in [1.807, 2.05) is 5.38 Å². The van der Waals surface area contributed by atoms with Gasteiger partial charge < -0.3 is 14.8 Å². The minimum absolute atomic E-state index is 0.113. The standard InChI is InChI=1S/C15H15NO4S/c1-19-12-2-4-13(5-3-12)20-14(17)6-8-16-15(18)11-7-9-21-10-11/h2-5,7,9-10H,6,8H2,1H3,(H,16,18). The molecule has 0 aliphatic carbocycles. The highest BCUT2D eigenvalue weighted by Crippen LogP contribution is 2.17. The Kier molecular flexibility index (Phi) is 5.34. The van der Waals surface area contributed by atoms with E-state index in [1.54, 1.807) is 42.8 Å². The van der Waals surface area contributed by atoms with Crippen LogP contribution in [0.4, 0.5) is 0 Å². The van der Waals surface area contributed by atoms with Crippen LogP contribution in [-0.2, 0) is 4.79 Å². The average Bonchev–Trinajstić information content (AvgIpc) is 3.02. The van der Waals surface area contributed by atoms with Crippen LogP contribution in [-0.4, -0.2) is 25.5 Å². The summed E-state index contributed by atoms with van der Waals surface area (Å²) in [7, 11) is 1.57. The molecule has 2 rings (SSSR count). The van der Waals surface area contributed by atoms with E-state index >= 15 is 0 Å². The zero-order valence-corrected chi connectivity index (χ0v) is 12.3. The van der Waals surface area contributed by atoms with Crippen LogP contribution in [0.25, 0.3) is 0 Å². The largest absolute Gasteiger partial charge is 0.497 e. The van der Waals surface area contributed by atoms with E-state index < -0.39 is 5.97 Å². The van der Waals surface area contributed by atoms with Crippen LogP contribution >= 0.6 is 11.3 Å². The second kappa shape index (κ2) is 7.44. The predicted octanol–water partition coefficient (Wildman–Crippen LogP) is 2.48. The quantitative estimate of drug-likeness (QED) is 0.658. The SMILES string of the molecule is COc1ccc(OC(=O)CCNC(=O)c2ccsc2)cc1. The zero-order chi connectivity index (χ0) is 15.1. The van der Waals surface area contributed by atoms with Gasteiger partial charge in [-0.3, -0.25) is 9.59 Å². The van der Waals surface area contributed by atoms with Gasteiger partial charge in [-0.05, 0) is 35.7 Å². The number of nitrogens with one attached hydrogen (secondary N) is 1. The summed E-state index contributed by atoms with van der Waals surface area (Å²) in [5, 5.41) is 6.25. The van der Waals surface area contributed by atoms with Gasteiger partial charge in [-0.2, -0.15) is 11.3 Å². The minimum atomic E-state index is -0.397. The van der Waals surface area contributed by atoms with Gasteiger partial charge in [0.15, 0.2) is 0 Å². The molecule has 0 radical (unpaired) electrons. The number of thiophene rings is 1. The molecule has 0 fully saturated rings. The van der Waals surface area contributed by atoms with Crippen molar-refractivity contribution in [3.63, 3.8) is 0 Å². The first-order valence-electron chi connectivity index (χ1n) is 6.34. The Balaban J connectivity index is 1.73. The highest BCUT2D eigenvalue weighted by Gasteiger charge is 2.08. The summed E-state index contributed by atoms with van der Waals surface area (Å²) in [4.78, 5) is 23.3. The molecule has 0 saturated heterocycles. The number of hydrogen-bond acceptors (Lipinski definition) is 5. The Morgan fingerprint density at radius 3 is 2.48 bits per heavy atom. The monoisotopic (exact) mass is 305 g/mol. The number of esters is 1. The topological polar surface area (TPSA) is 64.6 Å². The summed E-state index contributed by atoms with van der Waals surface area (Å²) in [5.41, 5.74) is 0.600. The van der Waals surface area contributed by atoms with Crippen molar-refractivity contribution in [2.75, 3.05) is 13.7 Å². The number of methoxy groups -OCH3 is 1. The molecule has 0 aliphatic rings. The van der Waals surface area contributed by atoms with Crippen LogP contribution in [0.1, 0.15) is 16.8 Å². The summed E-state index contributed by atoms with van der Waals surface area (Å²) in [6.07, 6.45) is 0.113. The van der Waals surface area contributed by atoms with Crippen molar-refractivity contribution >= 4 is 23.2 Å². The minimum Gasteiger partial charge on any atom is -0.497 e. The molecule has 0 unspecified atom stereocenters. The molecule has 1 heterocycles. The second-order valence-corrected chi connectivity index (χ2v) is 4.95. The molecule has 1 N–H and O–H groups in total. The van der Waals surface area contributed by atoms with E-state index in [0.29, 0.717) is 17.1 Å². The highest BCUT2D eigenvalue weighted by atomic mass is 32.1. The third-order valence-electron chi connectivity index (χ3n) is 2.69. The summed E-state index contributed by atoms with van der Waals surface area (Å²) in [5.74, 6) is 0.557. The lowest BCUT2D eigenvalue weighted by Gasteiger charge is -2.06. The summed E-state index contributed by atoms with van der Waals surface area (Å²) < 4.78 is 10.2. The molecule has 0 aliphatic heterocycles. The van der Waals surface area contributed by atoms with Gasteiger partial charge in [-0.1, -0.05) is 0 Å². The number of amides is 1. The summed E-state index contributed by atoms with van der Waals surface area (Å²) in [6, 6.07) is 8.46. The van der Waals surface area contributed by atoms with E-state index in [2.05, 4.69) is 5.32 Å². The van der Waals surface area contributed by atoms with Crippen molar-refractivity contribution in [3.05, 3.63) is 46.7 Å². The van der Waals surface area contributed by atoms with Gasteiger partial charge in [0.25, 0.3) is 5.91 Å². The molecule has 0 atom stereocenters. The highest BCUT2D eigenvalue weighted by molar-refractivity contribution is 7.08. The average molecular weight is 305 g/mol. The Labute approximate surface area is 126 Å². The predicted molar refractivity (Wildman–Crippen MR) is 79.9 cm³/mol. The Morgan fingerprint density at radius 1 is 1.14 bits per heavy atom. The van der Waals surface area contributed by atoms with Crippen molar-refractivity contribution in [3.8, 4) is 11.5 Å². The van der Waals surface area contributed by atoms with Gasteiger partial charge in [-0.25, -0.2) is 0 Å². The van der Waals surface area contributed by atoms with Crippen molar-refractivity contribution in [1.82, 2.24) is 5.32 Å². The van der Waals surface area contributed by atoms with Crippen molar-refractivity contribution in [1.29, 1.82) is 0 Å². The summed E-state index contributed by atoms with van der Waals surface area (Å²) in [6.45, 7) is 0.240. The van der Waals surface area contributed by atoms with E-state index in [4.69, 9.17) is 9.47 Å². The van der Waals surface area contributed by atoms with E-state index in [9.17, 15) is 9.59 Å². The Hall–Kier alpha value is -2.34. The van der Waals surface area contributed by atoms with Gasteiger partial charge in [-0.15, -0.1) is 0 Å². The molecular formula is C15H15NO4S. The maximum Gasteiger partial charge on any atom is 0.312 e. The number of rotatable bonds is 6. The molecule has 5 nitrogen and oxygen atoms in total. The molecule has 21 heavy (non-hydrogen) atoms. The molecule has 1 amide bonds. The van der Waals surface area contributed by atoms with Crippen LogP contribution in [0.15, 0.2) is 41.1 Å². The lowest BCUT2D eigenvalue weighted by molar-refractivity contribution is -0.134. The molecule has 2 aromatic rings. The van der Waals surface area contributed by atoms with E-state index in [-0.39, 0.29) is 18.9 Å². The van der Waals surface area contributed by atoms with Crippen LogP contribution in [0, 0.1) is 0 Å². The zero-order valence-electron chi connectivity index (χ0n) is 11.5. The molecule has 0 bridgehead atoms. The summed E-state index contributed by atoms with van der Waals surface area (Å²) >= 11 is 1.45. The van der Waals surface area contributed by atoms with Crippen molar-refractivity contribution in [2.24, 2.45) is 0 Å². The Bertz CT molecular complexity index is 593. The third-order valence-corrected chi connectivity index (χ3v) is 3.37. The molecule has 1 aromatic heterocycles. The van der Waals surface area contributed by atoms with Gasteiger partial charge in [0, 0.05) is 17.5 Å². The lowest BCUT2D eigenvalue weighted by atomic mass is 10.3. The van der Waals surface area contributed by atoms with Crippen LogP contribution in [0.5, 0.6) is 11.5 Å². The smallest absolute Gasteiger partial charge is 0.312 e. The third kappa shape index (κ3) is 4.61. The Morgan fingerprint density at radius 2 is 1.86 bits per heavy atom. The maximum atomic E-state index is 11.6. The first kappa shape index (κ1) is 15.1. The number of carbonyl (C=O) groups is 2. The van der Waals surface area contributed by atoms with Gasteiger partial charge in [0.05, 0.1) is 13.5 Å². The van der Waals surface area contributed by atoms with E-state index in [1.165, 1.54) is 11.3 Å². The van der Waals surface area contributed by atoms with Gasteiger partial charge in [0.2, 0.25) is 0 Å². The number of benzene rings is 1. The molecule has 110 valence electrons. The molecule has 0 saturated carbocycles. The number of carbonyl (C=O) groups excluding carboxylic acids is 2. The lowest BCUT2D eigenvalue weighted by Crippen LogP contribution is -2.26. The fourth-order valence-electron chi connectivity index (χ4n) is 1.60. The molecule has 6 heteroatoms. The first-order chi connectivity index (χ1) is 10.2. The van der Waals surface area contributed by atoms with Gasteiger partial charge in [0.1, 0.15) is 11.5 Å². The second-order valence-electron chi connectivity index (χ2n) is 4.17. The molecule has 1 aromatic carbocycles. The van der Waals surface area contributed by atoms with E-state index in [0.717, 1.165) is 0 Å².